The second kappa shape index (κ2) is 26.2. The van der Waals surface area contributed by atoms with E-state index in [-0.39, 0.29) is 29.7 Å². The molecule has 3 aliphatic carbocycles. The number of nitrogens with zero attached hydrogens (tertiary/aromatic N) is 4. The van der Waals surface area contributed by atoms with Gasteiger partial charge in [0.1, 0.15) is 5.78 Å². The van der Waals surface area contributed by atoms with E-state index in [9.17, 15) is 24.0 Å². The molecule has 0 atom stereocenters. The average Bonchev–Trinajstić information content (AvgIpc) is 3.79. The van der Waals surface area contributed by atoms with Crippen LogP contribution in [0.5, 0.6) is 0 Å². The van der Waals surface area contributed by atoms with Gasteiger partial charge in [0.25, 0.3) is 0 Å². The van der Waals surface area contributed by atoms with E-state index >= 15 is 0 Å². The van der Waals surface area contributed by atoms with Crippen molar-refractivity contribution in [3.63, 3.8) is 0 Å². The first-order valence-electron chi connectivity index (χ1n) is 25.4. The third-order valence-electron chi connectivity index (χ3n) is 13.8. The summed E-state index contributed by atoms with van der Waals surface area (Å²) in [7, 11) is 4.14. The summed E-state index contributed by atoms with van der Waals surface area (Å²) in [6.07, 6.45) is 6.44. The van der Waals surface area contributed by atoms with Gasteiger partial charge in [0.2, 0.25) is 0 Å². The number of carbonyl (C=O) groups excluding carboxylic acids is 5. The smallest absolute Gasteiger partial charge is 0.338 e. The molecular formula is C58H64Br2N4O11. The zero-order valence-corrected chi connectivity index (χ0v) is 46.2. The minimum atomic E-state index is -0.354. The Morgan fingerprint density at radius 1 is 0.560 bits per heavy atom. The number of hydrogen-bond acceptors (Lipinski definition) is 13. The Balaban J connectivity index is 0.000000137. The van der Waals surface area contributed by atoms with Crippen LogP contribution in [0.15, 0.2) is 94.0 Å². The summed E-state index contributed by atoms with van der Waals surface area (Å²) in [5.41, 5.74) is 10.4. The quantitative estimate of drug-likeness (QED) is 0.0844. The molecule has 4 aromatic carbocycles. The zero-order chi connectivity index (χ0) is 53.0. The molecule has 0 radical (unpaired) electrons. The molecule has 396 valence electrons. The van der Waals surface area contributed by atoms with Crippen LogP contribution >= 0.6 is 31.9 Å². The monoisotopic (exact) mass is 1150 g/mol. The molecule has 0 amide bonds. The van der Waals surface area contributed by atoms with Crippen molar-refractivity contribution in [1.82, 2.24) is 18.9 Å². The number of morpholine rings is 2. The molecule has 15 nitrogen and oxygen atoms in total. The van der Waals surface area contributed by atoms with Crippen molar-refractivity contribution in [2.75, 3.05) is 93.6 Å². The largest absolute Gasteiger partial charge is 0.465 e. The molecule has 75 heavy (non-hydrogen) atoms. The highest BCUT2D eigenvalue weighted by atomic mass is 79.9. The normalized spacial score (nSPS) is 16.0. The lowest BCUT2D eigenvalue weighted by Crippen LogP contribution is -2.38. The van der Waals surface area contributed by atoms with E-state index in [1.54, 1.807) is 18.2 Å². The Morgan fingerprint density at radius 3 is 1.63 bits per heavy atom. The van der Waals surface area contributed by atoms with E-state index in [0.717, 1.165) is 127 Å². The molecule has 0 unspecified atom stereocenters. The summed E-state index contributed by atoms with van der Waals surface area (Å²) in [5.74, 6) is -0.293. The lowest BCUT2D eigenvalue weighted by atomic mass is 10.1. The number of ether oxygens (including phenoxy) is 6. The van der Waals surface area contributed by atoms with Crippen LogP contribution in [0.25, 0.3) is 27.9 Å². The summed E-state index contributed by atoms with van der Waals surface area (Å²) in [6.45, 7) is 13.5. The fourth-order valence-electron chi connectivity index (χ4n) is 9.67. The van der Waals surface area contributed by atoms with Crippen LogP contribution in [0.4, 0.5) is 0 Å². The van der Waals surface area contributed by atoms with E-state index in [4.69, 9.17) is 18.9 Å². The molecule has 0 N–H and O–H groups in total. The van der Waals surface area contributed by atoms with Gasteiger partial charge in [0.15, 0.2) is 0 Å². The molecule has 6 aromatic rings. The number of ketones is 1. The van der Waals surface area contributed by atoms with Gasteiger partial charge in [-0.15, -0.1) is 0 Å². The number of aromatic nitrogens is 2. The second-order valence-electron chi connectivity index (χ2n) is 18.8. The number of Topliss-reactive ketones (excluding diaryl/α,β-unsaturated/α-hetero) is 1. The highest BCUT2D eigenvalue weighted by molar-refractivity contribution is 9.11. The van der Waals surface area contributed by atoms with E-state index < -0.39 is 0 Å². The van der Waals surface area contributed by atoms with Crippen molar-refractivity contribution in [1.29, 1.82) is 0 Å². The highest BCUT2D eigenvalue weighted by Gasteiger charge is 2.29. The van der Waals surface area contributed by atoms with Gasteiger partial charge >= 0.3 is 23.9 Å². The summed E-state index contributed by atoms with van der Waals surface area (Å²) in [4.78, 5) is 62.1. The van der Waals surface area contributed by atoms with Gasteiger partial charge < -0.3 is 37.6 Å². The molecule has 4 heterocycles. The lowest BCUT2D eigenvalue weighted by molar-refractivity contribution is -0.117. The van der Waals surface area contributed by atoms with Crippen LogP contribution in [-0.4, -0.2) is 142 Å². The first-order chi connectivity index (χ1) is 36.3. The predicted octanol–water partition coefficient (Wildman–Crippen LogP) is 9.46. The minimum absolute atomic E-state index is 0.210. The molecule has 3 fully saturated rings. The minimum Gasteiger partial charge on any atom is -0.465 e. The number of benzene rings is 4. The van der Waals surface area contributed by atoms with Gasteiger partial charge in [0, 0.05) is 104 Å². The van der Waals surface area contributed by atoms with Gasteiger partial charge in [0.05, 0.1) is 81.2 Å². The van der Waals surface area contributed by atoms with Gasteiger partial charge in [-0.3, -0.25) is 14.6 Å². The van der Waals surface area contributed by atoms with Crippen LogP contribution in [0.3, 0.4) is 0 Å². The van der Waals surface area contributed by atoms with Gasteiger partial charge in [-0.1, -0.05) is 28.1 Å². The Kier molecular flexibility index (Phi) is 19.3. The molecule has 1 saturated carbocycles. The van der Waals surface area contributed by atoms with E-state index in [0.29, 0.717) is 47.6 Å². The maximum absolute atomic E-state index is 12.0. The van der Waals surface area contributed by atoms with Gasteiger partial charge in [-0.2, -0.15) is 0 Å². The number of hydrogen-bond donors (Lipinski definition) is 0. The Labute approximate surface area is 454 Å². The Hall–Kier alpha value is -5.95. The van der Waals surface area contributed by atoms with Crippen molar-refractivity contribution in [2.45, 2.75) is 58.0 Å². The molecule has 5 aliphatic rings. The summed E-state index contributed by atoms with van der Waals surface area (Å²) < 4.78 is 36.8. The van der Waals surface area contributed by atoms with E-state index in [1.165, 1.54) is 50.9 Å². The topological polar surface area (TPSA) is 157 Å². The summed E-state index contributed by atoms with van der Waals surface area (Å²) in [5, 5.41) is 2.19. The van der Waals surface area contributed by atoms with Crippen LogP contribution in [0, 0.1) is 0 Å². The highest BCUT2D eigenvalue weighted by Crippen LogP contribution is 2.42. The fraction of sp³-hybridized carbons (Fsp3) is 0.397. The SMILES string of the molecule is CCOC(=O)c1ccc2c(c1)cc(C1CC1)n2CCN1CCOCC1.COC(=O)c1ccc2c(c1)C=C(Br)C2.COC(=O)c1ccc2c(c1)CC(=O)C2.COC(=O)c1ccc2c(c1)cc(Br)n2CCN1CCOCC1. The molecule has 11 rings (SSSR count). The molecular weight excluding hydrogens is 1090 g/mol. The number of carbonyl (C=O) groups is 5. The van der Waals surface area contributed by atoms with Gasteiger partial charge in [-0.25, -0.2) is 19.2 Å². The third kappa shape index (κ3) is 14.3. The van der Waals surface area contributed by atoms with Gasteiger partial charge in [-0.05, 0) is 143 Å². The van der Waals surface area contributed by atoms with E-state index in [2.05, 4.69) is 72.4 Å². The number of halogens is 2. The van der Waals surface area contributed by atoms with Crippen molar-refractivity contribution < 1.29 is 52.4 Å². The molecule has 2 aromatic heterocycles. The molecule has 0 spiro atoms. The number of rotatable bonds is 12. The lowest BCUT2D eigenvalue weighted by Gasteiger charge is -2.27. The predicted molar refractivity (Wildman–Crippen MR) is 294 cm³/mol. The molecule has 17 heteroatoms. The molecule has 0 bridgehead atoms. The standard InChI is InChI=1S/C20H26N2O3.C16H19BrN2O3.C11H9BrO2.C11H10O3/c1-2-25-20(23)16-5-6-18-17(13-16)14-19(15-3-4-15)22(18)8-7-21-9-11-24-12-10-21;1-21-16(20)12-2-3-14-13(10-12)11-15(17)19(14)5-4-18-6-8-22-9-7-18;2*1-14-11(13)8-3-2-7-5-10(12)6-9(7)4-8/h5-6,13-15H,2-4,7-12H2,1H3;2-3,10-11H,4-9H2,1H3;2-4,6H,5H2,1H3;2-4H,5-6H2,1H3. The van der Waals surface area contributed by atoms with Crippen LogP contribution in [0.1, 0.15) is 95.1 Å². The van der Waals surface area contributed by atoms with Crippen molar-refractivity contribution in [3.05, 3.63) is 144 Å². The number of methoxy groups -OCH3 is 3. The maximum atomic E-state index is 12.0. The summed E-state index contributed by atoms with van der Waals surface area (Å²) >= 11 is 7.06. The summed E-state index contributed by atoms with van der Waals surface area (Å²) in [6, 6.07) is 26.8. The maximum Gasteiger partial charge on any atom is 0.338 e. The molecule has 2 saturated heterocycles. The van der Waals surface area contributed by atoms with Crippen LogP contribution < -0.4 is 0 Å². The second-order valence-corrected chi connectivity index (χ2v) is 20.7. The van der Waals surface area contributed by atoms with Crippen molar-refractivity contribution in [3.8, 4) is 0 Å². The first kappa shape index (κ1) is 55.3. The first-order valence-corrected chi connectivity index (χ1v) is 27.0. The Bertz CT molecular complexity index is 3070. The van der Waals surface area contributed by atoms with Crippen molar-refractivity contribution in [2.24, 2.45) is 0 Å². The fourth-order valence-corrected chi connectivity index (χ4v) is 10.8. The average molecular weight is 1150 g/mol. The van der Waals surface area contributed by atoms with Crippen LogP contribution in [-0.2, 0) is 65.6 Å². The zero-order valence-electron chi connectivity index (χ0n) is 43.0. The molecule has 2 aliphatic heterocycles. The third-order valence-corrected chi connectivity index (χ3v) is 15.0. The van der Waals surface area contributed by atoms with Crippen LogP contribution in [0.2, 0.25) is 0 Å². The van der Waals surface area contributed by atoms with Crippen molar-refractivity contribution >= 4 is 89.4 Å². The number of allylic oxidation sites excluding steroid dienone is 1. The number of esters is 4. The number of fused-ring (bicyclic) bond motifs is 4. The Morgan fingerprint density at radius 2 is 1.05 bits per heavy atom. The van der Waals surface area contributed by atoms with E-state index in [1.807, 2.05) is 67.6 Å².